The second-order valence-electron chi connectivity index (χ2n) is 3.48. The summed E-state index contributed by atoms with van der Waals surface area (Å²) in [6.45, 7) is 2.03. The van der Waals surface area contributed by atoms with Gasteiger partial charge < -0.3 is 0 Å². The van der Waals surface area contributed by atoms with Gasteiger partial charge in [0.25, 0.3) is 0 Å². The molecule has 0 radical (unpaired) electrons. The molecule has 0 nitrogen and oxygen atoms in total. The Morgan fingerprint density at radius 3 is 2.62 bits per heavy atom. The molecule has 0 aliphatic heterocycles. The summed E-state index contributed by atoms with van der Waals surface area (Å²) in [7, 11) is 0. The molecular weight excluding hydrogens is 311 g/mol. The number of alkyl halides is 1. The first-order valence-corrected chi connectivity index (χ1v) is 6.78. The van der Waals surface area contributed by atoms with Crippen molar-refractivity contribution >= 4 is 38.9 Å². The Morgan fingerprint density at radius 1 is 1.31 bits per heavy atom. The third-order valence-corrected chi connectivity index (χ3v) is 4.57. The van der Waals surface area contributed by atoms with Gasteiger partial charge in [0.05, 0.1) is 9.85 Å². The Hall–Kier alpha value is -0.380. The highest BCUT2D eigenvalue weighted by Gasteiger charge is 2.14. The quantitative estimate of drug-likeness (QED) is 0.660. The molecule has 0 N–H and O–H groups in total. The predicted octanol–water partition coefficient (Wildman–Crippen LogP) is 5.29. The molecule has 1 atom stereocenters. The zero-order valence-corrected chi connectivity index (χ0v) is 11.7. The van der Waals surface area contributed by atoms with Crippen LogP contribution in [0.1, 0.15) is 20.7 Å². The lowest BCUT2D eigenvalue weighted by Crippen LogP contribution is -1.91. The van der Waals surface area contributed by atoms with Gasteiger partial charge in [-0.25, -0.2) is 4.39 Å². The summed E-state index contributed by atoms with van der Waals surface area (Å²) in [5, 5.41) is -0.277. The first-order valence-electron chi connectivity index (χ1n) is 4.73. The number of rotatable bonds is 2. The van der Waals surface area contributed by atoms with E-state index in [1.54, 1.807) is 17.4 Å². The first kappa shape index (κ1) is 12.1. The summed E-state index contributed by atoms with van der Waals surface area (Å²) < 4.78 is 13.8. The molecule has 2 aromatic rings. The van der Waals surface area contributed by atoms with Gasteiger partial charge in [-0.05, 0) is 52.7 Å². The molecule has 1 aromatic heterocycles. The average molecular weight is 320 g/mol. The van der Waals surface area contributed by atoms with Crippen molar-refractivity contribution in [1.82, 2.24) is 0 Å². The molecule has 0 bridgehead atoms. The molecule has 0 saturated carbocycles. The van der Waals surface area contributed by atoms with Crippen LogP contribution < -0.4 is 0 Å². The minimum Gasteiger partial charge on any atom is -0.206 e. The van der Waals surface area contributed by atoms with Crippen LogP contribution in [0.4, 0.5) is 4.39 Å². The maximum atomic E-state index is 13.4. The van der Waals surface area contributed by atoms with Gasteiger partial charge in [-0.15, -0.1) is 22.9 Å². The van der Waals surface area contributed by atoms with Crippen LogP contribution in [0.5, 0.6) is 0 Å². The number of hydrogen-bond donors (Lipinski definition) is 0. The number of aryl methyl sites for hydroxylation is 1. The van der Waals surface area contributed by atoms with E-state index in [-0.39, 0.29) is 11.2 Å². The molecule has 1 unspecified atom stereocenters. The van der Waals surface area contributed by atoms with Gasteiger partial charge in [0.15, 0.2) is 0 Å². The van der Waals surface area contributed by atoms with Crippen LogP contribution in [0.15, 0.2) is 34.8 Å². The zero-order chi connectivity index (χ0) is 11.7. The van der Waals surface area contributed by atoms with Crippen LogP contribution in [0.25, 0.3) is 0 Å². The smallest absolute Gasteiger partial charge is 0.137 e. The van der Waals surface area contributed by atoms with E-state index in [4.69, 9.17) is 11.6 Å². The van der Waals surface area contributed by atoms with E-state index in [1.807, 2.05) is 25.1 Å². The van der Waals surface area contributed by atoms with Crippen molar-refractivity contribution < 1.29 is 4.39 Å². The number of benzene rings is 1. The van der Waals surface area contributed by atoms with E-state index in [2.05, 4.69) is 15.9 Å². The minimum atomic E-state index is -0.281. The second kappa shape index (κ2) is 4.86. The molecule has 2 rings (SSSR count). The average Bonchev–Trinajstić information content (AvgIpc) is 2.68. The fourth-order valence-electron chi connectivity index (χ4n) is 1.42. The first-order chi connectivity index (χ1) is 7.58. The predicted molar refractivity (Wildman–Crippen MR) is 70.9 cm³/mol. The van der Waals surface area contributed by atoms with Gasteiger partial charge in [-0.3, -0.25) is 0 Å². The van der Waals surface area contributed by atoms with Crippen LogP contribution in [0, 0.1) is 12.7 Å². The van der Waals surface area contributed by atoms with Crippen molar-refractivity contribution in [3.63, 3.8) is 0 Å². The Labute approximate surface area is 111 Å². The van der Waals surface area contributed by atoms with Crippen LogP contribution in [-0.2, 0) is 0 Å². The molecule has 1 heterocycles. The van der Waals surface area contributed by atoms with Gasteiger partial charge in [0, 0.05) is 9.75 Å². The minimum absolute atomic E-state index is 0.277. The monoisotopic (exact) mass is 318 g/mol. The van der Waals surface area contributed by atoms with E-state index < -0.39 is 0 Å². The largest absolute Gasteiger partial charge is 0.206 e. The van der Waals surface area contributed by atoms with E-state index in [9.17, 15) is 4.39 Å². The fourth-order valence-corrected chi connectivity index (χ4v) is 2.90. The van der Waals surface area contributed by atoms with Gasteiger partial charge >= 0.3 is 0 Å². The standard InChI is InChI=1S/C12H9BrClFS/c1-7-2-5-11(16-7)12(14)8-3-4-9(13)10(15)6-8/h2-6,12H,1H3. The summed E-state index contributed by atoms with van der Waals surface area (Å²) in [4.78, 5) is 2.25. The number of halogens is 3. The Balaban J connectivity index is 2.33. The van der Waals surface area contributed by atoms with E-state index >= 15 is 0 Å². The summed E-state index contributed by atoms with van der Waals surface area (Å²) in [6, 6.07) is 8.99. The second-order valence-corrected chi connectivity index (χ2v) is 6.09. The summed E-state index contributed by atoms with van der Waals surface area (Å²) >= 11 is 11.1. The van der Waals surface area contributed by atoms with E-state index in [1.165, 1.54) is 10.9 Å². The number of thiophene rings is 1. The molecule has 0 amide bonds. The van der Waals surface area contributed by atoms with Crippen molar-refractivity contribution in [3.8, 4) is 0 Å². The highest BCUT2D eigenvalue weighted by molar-refractivity contribution is 9.10. The Bertz CT molecular complexity index is 509. The lowest BCUT2D eigenvalue weighted by atomic mass is 10.1. The van der Waals surface area contributed by atoms with Gasteiger partial charge in [0.2, 0.25) is 0 Å². The molecular formula is C12H9BrClFS. The lowest BCUT2D eigenvalue weighted by molar-refractivity contribution is 0.619. The Kier molecular flexibility index (Phi) is 3.67. The van der Waals surface area contributed by atoms with Gasteiger partial charge in [-0.1, -0.05) is 6.07 Å². The molecule has 1 aromatic carbocycles. The molecule has 16 heavy (non-hydrogen) atoms. The van der Waals surface area contributed by atoms with Gasteiger partial charge in [0.1, 0.15) is 5.82 Å². The highest BCUT2D eigenvalue weighted by atomic mass is 79.9. The molecule has 84 valence electrons. The van der Waals surface area contributed by atoms with Crippen LogP contribution in [0.3, 0.4) is 0 Å². The molecule has 0 spiro atoms. The third kappa shape index (κ3) is 2.47. The fraction of sp³-hybridized carbons (Fsp3) is 0.167. The lowest BCUT2D eigenvalue weighted by Gasteiger charge is -2.08. The van der Waals surface area contributed by atoms with Crippen LogP contribution >= 0.6 is 38.9 Å². The molecule has 0 fully saturated rings. The Morgan fingerprint density at radius 2 is 2.06 bits per heavy atom. The van der Waals surface area contributed by atoms with Crippen molar-refractivity contribution in [3.05, 3.63) is 55.9 Å². The topological polar surface area (TPSA) is 0 Å². The normalized spacial score (nSPS) is 12.8. The van der Waals surface area contributed by atoms with Crippen molar-refractivity contribution in [2.75, 3.05) is 0 Å². The van der Waals surface area contributed by atoms with Crippen LogP contribution in [-0.4, -0.2) is 0 Å². The van der Waals surface area contributed by atoms with E-state index in [0.29, 0.717) is 4.47 Å². The van der Waals surface area contributed by atoms with Crippen molar-refractivity contribution in [2.24, 2.45) is 0 Å². The van der Waals surface area contributed by atoms with Crippen LogP contribution in [0.2, 0.25) is 0 Å². The third-order valence-electron chi connectivity index (χ3n) is 2.25. The highest BCUT2D eigenvalue weighted by Crippen LogP contribution is 2.34. The molecule has 0 aliphatic rings. The van der Waals surface area contributed by atoms with Crippen molar-refractivity contribution in [1.29, 1.82) is 0 Å². The summed E-state index contributed by atoms with van der Waals surface area (Å²) in [5.41, 5.74) is 0.782. The summed E-state index contributed by atoms with van der Waals surface area (Å²) in [5.74, 6) is -0.281. The zero-order valence-electron chi connectivity index (χ0n) is 8.51. The van der Waals surface area contributed by atoms with Gasteiger partial charge in [-0.2, -0.15) is 0 Å². The van der Waals surface area contributed by atoms with E-state index in [0.717, 1.165) is 10.4 Å². The molecule has 0 saturated heterocycles. The number of hydrogen-bond acceptors (Lipinski definition) is 1. The maximum absolute atomic E-state index is 13.4. The molecule has 0 aliphatic carbocycles. The SMILES string of the molecule is Cc1ccc(C(Cl)c2ccc(Br)c(F)c2)s1. The van der Waals surface area contributed by atoms with Crippen molar-refractivity contribution in [2.45, 2.75) is 12.3 Å². The molecule has 4 heteroatoms. The maximum Gasteiger partial charge on any atom is 0.137 e. The summed E-state index contributed by atoms with van der Waals surface area (Å²) in [6.07, 6.45) is 0.